The molecule has 4 nitrogen and oxygen atoms in total. The van der Waals surface area contributed by atoms with Crippen molar-refractivity contribution in [3.05, 3.63) is 6.42 Å². The Balaban J connectivity index is 1.64. The van der Waals surface area contributed by atoms with Crippen LogP contribution in [0.4, 0.5) is 0 Å². The fourth-order valence-electron chi connectivity index (χ4n) is 2.56. The van der Waals surface area contributed by atoms with E-state index in [1.807, 2.05) is 4.90 Å². The van der Waals surface area contributed by atoms with Crippen molar-refractivity contribution in [1.29, 1.82) is 0 Å². The second-order valence-corrected chi connectivity index (χ2v) is 4.90. The molecule has 1 aliphatic heterocycles. The molecule has 0 aromatic heterocycles. The van der Waals surface area contributed by atoms with Crippen molar-refractivity contribution in [3.63, 3.8) is 0 Å². The Kier molecular flexibility index (Phi) is 4.40. The van der Waals surface area contributed by atoms with Crippen LogP contribution < -0.4 is 5.32 Å². The van der Waals surface area contributed by atoms with Crippen molar-refractivity contribution in [2.75, 3.05) is 19.6 Å². The number of nitrogens with one attached hydrogen (secondary N) is 1. The monoisotopic (exact) mass is 237 g/mol. The van der Waals surface area contributed by atoms with E-state index in [9.17, 15) is 9.59 Å². The summed E-state index contributed by atoms with van der Waals surface area (Å²) in [6.45, 7) is 2.11. The summed E-state index contributed by atoms with van der Waals surface area (Å²) < 4.78 is 0. The molecular formula is C13H21N2O2. The SMILES string of the molecule is O=C(NCCN1CCCCC1=O)C1[CH]CCC1. The van der Waals surface area contributed by atoms with Crippen LogP contribution in [0.2, 0.25) is 0 Å². The minimum atomic E-state index is 0.104. The van der Waals surface area contributed by atoms with Gasteiger partial charge in [0, 0.05) is 32.0 Å². The van der Waals surface area contributed by atoms with Crippen LogP contribution in [0.15, 0.2) is 0 Å². The van der Waals surface area contributed by atoms with Crippen LogP contribution in [0.3, 0.4) is 0 Å². The molecule has 1 atom stereocenters. The van der Waals surface area contributed by atoms with Gasteiger partial charge in [0.15, 0.2) is 0 Å². The van der Waals surface area contributed by atoms with Crippen LogP contribution in [-0.2, 0) is 9.59 Å². The molecule has 1 N–H and O–H groups in total. The summed E-state index contributed by atoms with van der Waals surface area (Å²) in [5, 5.41) is 2.93. The van der Waals surface area contributed by atoms with E-state index in [1.165, 1.54) is 0 Å². The van der Waals surface area contributed by atoms with E-state index in [2.05, 4.69) is 11.7 Å². The van der Waals surface area contributed by atoms with E-state index < -0.39 is 0 Å². The topological polar surface area (TPSA) is 49.4 Å². The van der Waals surface area contributed by atoms with Gasteiger partial charge < -0.3 is 10.2 Å². The smallest absolute Gasteiger partial charge is 0.223 e. The van der Waals surface area contributed by atoms with Crippen molar-refractivity contribution in [1.82, 2.24) is 10.2 Å². The zero-order chi connectivity index (χ0) is 12.1. The second kappa shape index (κ2) is 6.03. The summed E-state index contributed by atoms with van der Waals surface area (Å²) in [7, 11) is 0. The molecule has 2 fully saturated rings. The molecule has 1 aliphatic carbocycles. The molecule has 2 aliphatic rings. The van der Waals surface area contributed by atoms with E-state index in [0.717, 1.165) is 38.6 Å². The van der Waals surface area contributed by atoms with Gasteiger partial charge in [-0.15, -0.1) is 0 Å². The lowest BCUT2D eigenvalue weighted by molar-refractivity contribution is -0.133. The molecular weight excluding hydrogens is 216 g/mol. The molecule has 2 amide bonds. The first-order chi connectivity index (χ1) is 8.27. The maximum atomic E-state index is 11.7. The van der Waals surface area contributed by atoms with Crippen molar-refractivity contribution in [3.8, 4) is 0 Å². The Bertz CT molecular complexity index is 285. The van der Waals surface area contributed by atoms with Crippen LogP contribution in [0.5, 0.6) is 0 Å². The minimum Gasteiger partial charge on any atom is -0.354 e. The molecule has 95 valence electrons. The Labute approximate surface area is 103 Å². The summed E-state index contributed by atoms with van der Waals surface area (Å²) in [4.78, 5) is 25.1. The molecule has 0 aromatic carbocycles. The van der Waals surface area contributed by atoms with E-state index in [-0.39, 0.29) is 17.7 Å². The van der Waals surface area contributed by atoms with Gasteiger partial charge in [-0.25, -0.2) is 0 Å². The normalized spacial score (nSPS) is 21.9. The first-order valence-electron chi connectivity index (χ1n) is 6.66. The molecule has 1 saturated heterocycles. The first kappa shape index (κ1) is 12.4. The lowest BCUT2D eigenvalue weighted by Crippen LogP contribution is -2.42. The molecule has 0 aromatic rings. The van der Waals surface area contributed by atoms with Gasteiger partial charge >= 0.3 is 0 Å². The molecule has 4 heteroatoms. The Morgan fingerprint density at radius 3 is 3.00 bits per heavy atom. The highest BCUT2D eigenvalue weighted by molar-refractivity contribution is 5.80. The van der Waals surface area contributed by atoms with Gasteiger partial charge in [0.1, 0.15) is 0 Å². The third-order valence-corrected chi connectivity index (χ3v) is 3.61. The predicted octanol–water partition coefficient (Wildman–Crippen LogP) is 1.12. The van der Waals surface area contributed by atoms with Crippen molar-refractivity contribution in [2.45, 2.75) is 38.5 Å². The van der Waals surface area contributed by atoms with Gasteiger partial charge in [0.2, 0.25) is 11.8 Å². The number of carbonyl (C=O) groups is 2. The molecule has 0 bridgehead atoms. The van der Waals surface area contributed by atoms with Gasteiger partial charge in [-0.3, -0.25) is 9.59 Å². The first-order valence-corrected chi connectivity index (χ1v) is 6.66. The number of hydrogen-bond acceptors (Lipinski definition) is 2. The highest BCUT2D eigenvalue weighted by atomic mass is 16.2. The largest absolute Gasteiger partial charge is 0.354 e. The number of piperidine rings is 1. The average Bonchev–Trinajstić information content (AvgIpc) is 2.85. The van der Waals surface area contributed by atoms with E-state index in [4.69, 9.17) is 0 Å². The van der Waals surface area contributed by atoms with Gasteiger partial charge in [-0.05, 0) is 32.1 Å². The average molecular weight is 237 g/mol. The summed E-state index contributed by atoms with van der Waals surface area (Å²) >= 11 is 0. The Hall–Kier alpha value is -1.06. The fourth-order valence-corrected chi connectivity index (χ4v) is 2.56. The minimum absolute atomic E-state index is 0.104. The standard InChI is InChI=1S/C13H21N2O2/c16-12-7-3-4-9-15(12)10-8-14-13(17)11-5-1-2-6-11/h5,11H,1-4,6-10H2,(H,14,17). The molecule has 1 heterocycles. The lowest BCUT2D eigenvalue weighted by atomic mass is 10.1. The maximum Gasteiger partial charge on any atom is 0.223 e. The maximum absolute atomic E-state index is 11.7. The van der Waals surface area contributed by atoms with Gasteiger partial charge in [-0.2, -0.15) is 0 Å². The molecule has 17 heavy (non-hydrogen) atoms. The van der Waals surface area contributed by atoms with Crippen LogP contribution in [-0.4, -0.2) is 36.3 Å². The van der Waals surface area contributed by atoms with Crippen LogP contribution in [0.1, 0.15) is 38.5 Å². The molecule has 1 radical (unpaired) electrons. The van der Waals surface area contributed by atoms with Gasteiger partial charge in [0.25, 0.3) is 0 Å². The Morgan fingerprint density at radius 2 is 2.29 bits per heavy atom. The van der Waals surface area contributed by atoms with Crippen LogP contribution in [0.25, 0.3) is 0 Å². The summed E-state index contributed by atoms with van der Waals surface area (Å²) in [6, 6.07) is 0. The zero-order valence-electron chi connectivity index (χ0n) is 10.3. The Morgan fingerprint density at radius 1 is 1.41 bits per heavy atom. The van der Waals surface area contributed by atoms with Crippen LogP contribution >= 0.6 is 0 Å². The zero-order valence-corrected chi connectivity index (χ0v) is 10.3. The van der Waals surface area contributed by atoms with Crippen molar-refractivity contribution < 1.29 is 9.59 Å². The lowest BCUT2D eigenvalue weighted by Gasteiger charge is -2.26. The number of nitrogens with zero attached hydrogens (tertiary/aromatic N) is 1. The number of amides is 2. The van der Waals surface area contributed by atoms with Crippen molar-refractivity contribution in [2.24, 2.45) is 5.92 Å². The summed E-state index contributed by atoms with van der Waals surface area (Å²) in [5.41, 5.74) is 0. The van der Waals surface area contributed by atoms with E-state index in [0.29, 0.717) is 19.5 Å². The highest BCUT2D eigenvalue weighted by Crippen LogP contribution is 2.23. The van der Waals surface area contributed by atoms with Gasteiger partial charge in [0.05, 0.1) is 0 Å². The second-order valence-electron chi connectivity index (χ2n) is 4.90. The van der Waals surface area contributed by atoms with Crippen LogP contribution in [0, 0.1) is 12.3 Å². The third kappa shape index (κ3) is 3.45. The van der Waals surface area contributed by atoms with Gasteiger partial charge in [-0.1, -0.05) is 6.42 Å². The molecule has 2 rings (SSSR count). The molecule has 0 spiro atoms. The molecule has 1 saturated carbocycles. The number of hydrogen-bond donors (Lipinski definition) is 1. The number of likely N-dealkylation sites (tertiary alicyclic amines) is 1. The molecule has 1 unspecified atom stereocenters. The summed E-state index contributed by atoms with van der Waals surface area (Å²) in [6.07, 6.45) is 8.04. The highest BCUT2D eigenvalue weighted by Gasteiger charge is 2.23. The third-order valence-electron chi connectivity index (χ3n) is 3.61. The number of rotatable bonds is 4. The predicted molar refractivity (Wildman–Crippen MR) is 65.1 cm³/mol. The quantitative estimate of drug-likeness (QED) is 0.796. The van der Waals surface area contributed by atoms with Crippen molar-refractivity contribution >= 4 is 11.8 Å². The summed E-state index contributed by atoms with van der Waals surface area (Å²) in [5.74, 6) is 0.469. The van der Waals surface area contributed by atoms with E-state index in [1.54, 1.807) is 0 Å². The van der Waals surface area contributed by atoms with E-state index >= 15 is 0 Å². The fraction of sp³-hybridized carbons (Fsp3) is 0.769. The number of carbonyl (C=O) groups excluding carboxylic acids is 2.